The van der Waals surface area contributed by atoms with E-state index in [-0.39, 0.29) is 10.6 Å². The van der Waals surface area contributed by atoms with Gasteiger partial charge in [0.1, 0.15) is 17.5 Å². The number of benzene rings is 2. The molecule has 0 saturated carbocycles. The van der Waals surface area contributed by atoms with E-state index in [0.717, 1.165) is 0 Å². The van der Waals surface area contributed by atoms with Crippen LogP contribution in [0.1, 0.15) is 16.8 Å². The molecule has 0 bridgehead atoms. The lowest BCUT2D eigenvalue weighted by Crippen LogP contribution is -2.43. The molecule has 0 aliphatic heterocycles. The van der Waals surface area contributed by atoms with Crippen LogP contribution < -0.4 is 20.1 Å². The van der Waals surface area contributed by atoms with E-state index in [0.29, 0.717) is 29.4 Å². The van der Waals surface area contributed by atoms with Crippen LogP contribution in [0.15, 0.2) is 42.5 Å². The van der Waals surface area contributed by atoms with Crippen molar-refractivity contribution in [3.63, 3.8) is 0 Å². The van der Waals surface area contributed by atoms with Gasteiger partial charge < -0.3 is 24.8 Å². The number of carbonyl (C=O) groups excluding carboxylic acids is 3. The predicted octanol–water partition coefficient (Wildman–Crippen LogP) is 3.39. The third-order valence-corrected chi connectivity index (χ3v) is 5.27. The van der Waals surface area contributed by atoms with E-state index in [9.17, 15) is 14.4 Å². The van der Waals surface area contributed by atoms with E-state index in [1.807, 2.05) is 6.26 Å². The van der Waals surface area contributed by atoms with Crippen molar-refractivity contribution < 1.29 is 28.6 Å². The molecular formula is C22H25ClN2O6S. The van der Waals surface area contributed by atoms with Gasteiger partial charge in [-0.05, 0) is 30.6 Å². The monoisotopic (exact) mass is 480 g/mol. The lowest BCUT2D eigenvalue weighted by molar-refractivity contribution is -0.149. The molecule has 172 valence electrons. The number of amides is 2. The summed E-state index contributed by atoms with van der Waals surface area (Å²) in [5.74, 6) is -0.149. The Balaban J connectivity index is 1.98. The van der Waals surface area contributed by atoms with Crippen LogP contribution in [0.4, 0.5) is 5.69 Å². The van der Waals surface area contributed by atoms with Crippen molar-refractivity contribution in [2.24, 2.45) is 0 Å². The Morgan fingerprint density at radius 3 is 2.31 bits per heavy atom. The SMILES string of the molecule is COc1cc(NC(=O)COC(=O)C(CCSC)NC(=O)c2ccccc2Cl)cc(OC)c1. The number of ether oxygens (including phenoxy) is 3. The Bertz CT molecular complexity index is 934. The Morgan fingerprint density at radius 1 is 1.06 bits per heavy atom. The summed E-state index contributed by atoms with van der Waals surface area (Å²) in [6, 6.07) is 10.5. The molecule has 10 heteroatoms. The zero-order valence-electron chi connectivity index (χ0n) is 18.0. The van der Waals surface area contributed by atoms with Crippen molar-refractivity contribution in [1.82, 2.24) is 5.32 Å². The molecule has 2 aromatic rings. The van der Waals surface area contributed by atoms with Crippen LogP contribution in [0.3, 0.4) is 0 Å². The van der Waals surface area contributed by atoms with Crippen LogP contribution in [-0.4, -0.2) is 56.7 Å². The minimum Gasteiger partial charge on any atom is -0.497 e. The molecule has 0 heterocycles. The van der Waals surface area contributed by atoms with Gasteiger partial charge in [-0.1, -0.05) is 23.7 Å². The molecule has 2 aromatic carbocycles. The van der Waals surface area contributed by atoms with Crippen LogP contribution in [0.5, 0.6) is 11.5 Å². The van der Waals surface area contributed by atoms with Gasteiger partial charge in [-0.3, -0.25) is 9.59 Å². The van der Waals surface area contributed by atoms with E-state index in [4.69, 9.17) is 25.8 Å². The fourth-order valence-electron chi connectivity index (χ4n) is 2.68. The summed E-state index contributed by atoms with van der Waals surface area (Å²) in [4.78, 5) is 37.4. The molecule has 0 aliphatic carbocycles. The van der Waals surface area contributed by atoms with E-state index >= 15 is 0 Å². The third-order valence-electron chi connectivity index (χ3n) is 4.30. The number of esters is 1. The van der Waals surface area contributed by atoms with Crippen LogP contribution in [0.25, 0.3) is 0 Å². The lowest BCUT2D eigenvalue weighted by atomic mass is 10.1. The fraction of sp³-hybridized carbons (Fsp3) is 0.318. The molecule has 2 rings (SSSR count). The zero-order valence-corrected chi connectivity index (χ0v) is 19.5. The van der Waals surface area contributed by atoms with Gasteiger partial charge in [0.2, 0.25) is 0 Å². The van der Waals surface area contributed by atoms with Gasteiger partial charge in [0.25, 0.3) is 11.8 Å². The van der Waals surface area contributed by atoms with Gasteiger partial charge in [-0.15, -0.1) is 0 Å². The predicted molar refractivity (Wildman–Crippen MR) is 125 cm³/mol. The second-order valence-electron chi connectivity index (χ2n) is 6.54. The molecule has 0 radical (unpaired) electrons. The highest BCUT2D eigenvalue weighted by Gasteiger charge is 2.24. The van der Waals surface area contributed by atoms with Gasteiger partial charge in [0, 0.05) is 23.9 Å². The molecule has 1 atom stereocenters. The number of rotatable bonds is 11. The minimum absolute atomic E-state index is 0.251. The largest absolute Gasteiger partial charge is 0.497 e. The van der Waals surface area contributed by atoms with Crippen molar-refractivity contribution in [3.05, 3.63) is 53.1 Å². The zero-order chi connectivity index (χ0) is 23.5. The van der Waals surface area contributed by atoms with Crippen molar-refractivity contribution in [2.75, 3.05) is 38.2 Å². The van der Waals surface area contributed by atoms with E-state index < -0.39 is 30.4 Å². The number of methoxy groups -OCH3 is 2. The standard InChI is InChI=1S/C22H25ClN2O6S/c1-29-15-10-14(11-16(12-15)30-2)24-20(26)13-31-22(28)19(8-9-32-3)25-21(27)17-6-4-5-7-18(17)23/h4-7,10-12,19H,8-9,13H2,1-3H3,(H,24,26)(H,25,27). The number of anilines is 1. The molecule has 32 heavy (non-hydrogen) atoms. The lowest BCUT2D eigenvalue weighted by Gasteiger charge is -2.18. The first-order chi connectivity index (χ1) is 15.4. The molecule has 2 amide bonds. The first-order valence-corrected chi connectivity index (χ1v) is 11.4. The van der Waals surface area contributed by atoms with Crippen LogP contribution >= 0.6 is 23.4 Å². The molecule has 0 aromatic heterocycles. The molecule has 0 spiro atoms. The fourth-order valence-corrected chi connectivity index (χ4v) is 3.37. The highest BCUT2D eigenvalue weighted by molar-refractivity contribution is 7.98. The van der Waals surface area contributed by atoms with Gasteiger partial charge >= 0.3 is 5.97 Å². The van der Waals surface area contributed by atoms with Crippen molar-refractivity contribution in [2.45, 2.75) is 12.5 Å². The molecule has 0 fully saturated rings. The van der Waals surface area contributed by atoms with Gasteiger partial charge in [0.15, 0.2) is 6.61 Å². The van der Waals surface area contributed by atoms with Crippen LogP contribution in [-0.2, 0) is 14.3 Å². The topological polar surface area (TPSA) is 103 Å². The van der Waals surface area contributed by atoms with Crippen molar-refractivity contribution in [3.8, 4) is 11.5 Å². The summed E-state index contributed by atoms with van der Waals surface area (Å²) < 4.78 is 15.5. The highest BCUT2D eigenvalue weighted by atomic mass is 35.5. The van der Waals surface area contributed by atoms with E-state index in [2.05, 4.69) is 10.6 Å². The molecule has 8 nitrogen and oxygen atoms in total. The summed E-state index contributed by atoms with van der Waals surface area (Å²) in [7, 11) is 2.99. The Kier molecular flexibility index (Phi) is 10.2. The van der Waals surface area contributed by atoms with Crippen LogP contribution in [0, 0.1) is 0 Å². The van der Waals surface area contributed by atoms with Gasteiger partial charge in [-0.2, -0.15) is 11.8 Å². The summed E-state index contributed by atoms with van der Waals surface area (Å²) in [5.41, 5.74) is 0.675. The maximum absolute atomic E-state index is 12.6. The average molecular weight is 481 g/mol. The van der Waals surface area contributed by atoms with Crippen LogP contribution in [0.2, 0.25) is 5.02 Å². The quantitative estimate of drug-likeness (QED) is 0.475. The second kappa shape index (κ2) is 12.8. The summed E-state index contributed by atoms with van der Waals surface area (Å²) in [5, 5.41) is 5.53. The number of halogens is 1. The minimum atomic E-state index is -0.920. The molecule has 0 aliphatic rings. The molecular weight excluding hydrogens is 456 g/mol. The molecule has 0 saturated heterocycles. The van der Waals surface area contributed by atoms with E-state index in [1.54, 1.807) is 42.5 Å². The first-order valence-electron chi connectivity index (χ1n) is 9.61. The number of thioether (sulfide) groups is 1. The normalized spacial score (nSPS) is 11.2. The number of hydrogen-bond donors (Lipinski definition) is 2. The summed E-state index contributed by atoms with van der Waals surface area (Å²) in [6.45, 7) is -0.518. The van der Waals surface area contributed by atoms with Gasteiger partial charge in [0.05, 0.1) is 24.8 Å². The Hall–Kier alpha value is -2.91. The van der Waals surface area contributed by atoms with Crippen molar-refractivity contribution >= 4 is 46.8 Å². The summed E-state index contributed by atoms with van der Waals surface area (Å²) in [6.07, 6.45) is 2.22. The second-order valence-corrected chi connectivity index (χ2v) is 7.94. The number of carbonyl (C=O) groups is 3. The third kappa shape index (κ3) is 7.65. The molecule has 1 unspecified atom stereocenters. The Morgan fingerprint density at radius 2 is 1.72 bits per heavy atom. The first kappa shape index (κ1) is 25.4. The maximum atomic E-state index is 12.6. The molecule has 2 N–H and O–H groups in total. The summed E-state index contributed by atoms with van der Waals surface area (Å²) >= 11 is 7.58. The number of nitrogens with one attached hydrogen (secondary N) is 2. The maximum Gasteiger partial charge on any atom is 0.329 e. The van der Waals surface area contributed by atoms with Gasteiger partial charge in [-0.25, -0.2) is 4.79 Å². The smallest absolute Gasteiger partial charge is 0.329 e. The number of hydrogen-bond acceptors (Lipinski definition) is 7. The Labute approximate surface area is 195 Å². The van der Waals surface area contributed by atoms with Crippen molar-refractivity contribution in [1.29, 1.82) is 0 Å². The van der Waals surface area contributed by atoms with E-state index in [1.165, 1.54) is 26.0 Å². The highest BCUT2D eigenvalue weighted by Crippen LogP contribution is 2.25. The average Bonchev–Trinajstić information content (AvgIpc) is 2.79.